The molecule has 4 rings (SSSR count). The monoisotopic (exact) mass is 462 g/mol. The van der Waals surface area contributed by atoms with Crippen molar-refractivity contribution in [2.24, 2.45) is 0 Å². The molecule has 3 aromatic carbocycles. The Hall–Kier alpha value is -3.69. The van der Waals surface area contributed by atoms with E-state index >= 15 is 0 Å². The molecule has 8 heteroatoms. The molecule has 0 saturated carbocycles. The van der Waals surface area contributed by atoms with Crippen molar-refractivity contribution >= 4 is 17.5 Å². The van der Waals surface area contributed by atoms with Crippen LogP contribution in [0.2, 0.25) is 0 Å². The fourth-order valence-electron chi connectivity index (χ4n) is 3.98. The Kier molecular flexibility index (Phi) is 6.41. The van der Waals surface area contributed by atoms with Gasteiger partial charge in [-0.15, -0.1) is 0 Å². The minimum Gasteiger partial charge on any atom is -0.417 e. The van der Waals surface area contributed by atoms with E-state index in [9.17, 15) is 29.7 Å². The fraction of sp³-hybridized carbons (Fsp3) is 0.192. The van der Waals surface area contributed by atoms with Gasteiger partial charge in [0.15, 0.2) is 0 Å². The summed E-state index contributed by atoms with van der Waals surface area (Å²) in [7, 11) is 0. The highest BCUT2D eigenvalue weighted by atomic mass is 16.8. The third-order valence-corrected chi connectivity index (χ3v) is 5.74. The van der Waals surface area contributed by atoms with E-state index in [-0.39, 0.29) is 16.7 Å². The Bertz CT molecular complexity index is 1180. The van der Waals surface area contributed by atoms with E-state index in [1.54, 1.807) is 30.3 Å². The average molecular weight is 462 g/mol. The largest absolute Gasteiger partial charge is 0.417 e. The van der Waals surface area contributed by atoms with Gasteiger partial charge in [-0.05, 0) is 12.1 Å². The van der Waals surface area contributed by atoms with E-state index in [2.05, 4.69) is 0 Å². The minimum atomic E-state index is -3.07. The first-order valence-corrected chi connectivity index (χ1v) is 10.5. The number of aliphatic hydroxyl groups is 3. The van der Waals surface area contributed by atoms with Crippen LogP contribution in [-0.4, -0.2) is 63.1 Å². The number of rotatable bonds is 7. The number of benzene rings is 3. The molecule has 0 amide bonds. The summed E-state index contributed by atoms with van der Waals surface area (Å²) in [6, 6.07) is 22.5. The number of aliphatic hydroxyl groups excluding tert-OH is 2. The molecule has 1 heterocycles. The molecule has 4 atom stereocenters. The highest BCUT2D eigenvalue weighted by Gasteiger charge is 2.75. The van der Waals surface area contributed by atoms with E-state index in [4.69, 9.17) is 9.47 Å². The van der Waals surface area contributed by atoms with E-state index in [1.165, 1.54) is 60.7 Å². The zero-order chi connectivity index (χ0) is 24.3. The van der Waals surface area contributed by atoms with E-state index < -0.39 is 47.7 Å². The molecule has 8 nitrogen and oxygen atoms in total. The molecule has 0 aliphatic carbocycles. The van der Waals surface area contributed by atoms with Gasteiger partial charge in [0.25, 0.3) is 0 Å². The molecular formula is C26H22O8. The highest BCUT2D eigenvalue weighted by molar-refractivity contribution is 6.13. The van der Waals surface area contributed by atoms with Crippen molar-refractivity contribution in [2.45, 2.75) is 23.6 Å². The van der Waals surface area contributed by atoms with Crippen molar-refractivity contribution in [1.29, 1.82) is 0 Å². The van der Waals surface area contributed by atoms with Gasteiger partial charge in [0.05, 0.1) is 12.2 Å². The van der Waals surface area contributed by atoms with Gasteiger partial charge < -0.3 is 24.8 Å². The van der Waals surface area contributed by atoms with Gasteiger partial charge in [0, 0.05) is 11.1 Å². The maximum absolute atomic E-state index is 13.8. The van der Waals surface area contributed by atoms with Gasteiger partial charge >= 0.3 is 11.8 Å². The van der Waals surface area contributed by atoms with Gasteiger partial charge in [0.2, 0.25) is 17.2 Å². The second-order valence-electron chi connectivity index (χ2n) is 7.81. The Balaban J connectivity index is 1.92. The van der Waals surface area contributed by atoms with Crippen molar-refractivity contribution in [1.82, 2.24) is 0 Å². The van der Waals surface area contributed by atoms with Crippen LogP contribution in [0.25, 0.3) is 0 Å². The molecule has 0 radical (unpaired) electrons. The number of Topliss-reactive ketones (excluding diaryl/α,β-unsaturated/α-hetero) is 2. The predicted molar refractivity (Wildman–Crippen MR) is 119 cm³/mol. The zero-order valence-electron chi connectivity index (χ0n) is 17.9. The molecule has 0 unspecified atom stereocenters. The number of ether oxygens (including phenoxy) is 2. The number of carbonyl (C=O) groups is 3. The number of hydrogen-bond acceptors (Lipinski definition) is 8. The molecule has 0 spiro atoms. The summed E-state index contributed by atoms with van der Waals surface area (Å²) in [6.07, 6.45) is -3.70. The summed E-state index contributed by atoms with van der Waals surface area (Å²) in [4.78, 5) is 40.5. The smallest absolute Gasteiger partial charge is 0.341 e. The van der Waals surface area contributed by atoms with Crippen LogP contribution in [0.4, 0.5) is 0 Å². The summed E-state index contributed by atoms with van der Waals surface area (Å²) in [6.45, 7) is -0.863. The molecule has 0 aromatic heterocycles. The van der Waals surface area contributed by atoms with Crippen LogP contribution in [0.15, 0.2) is 91.0 Å². The normalized spacial score (nSPS) is 26.1. The van der Waals surface area contributed by atoms with Crippen LogP contribution in [0.3, 0.4) is 0 Å². The first-order valence-electron chi connectivity index (χ1n) is 10.5. The lowest BCUT2D eigenvalue weighted by Crippen LogP contribution is -2.67. The van der Waals surface area contributed by atoms with Gasteiger partial charge in [-0.2, -0.15) is 0 Å². The quantitative estimate of drug-likeness (QED) is 0.358. The van der Waals surface area contributed by atoms with Crippen LogP contribution >= 0.6 is 0 Å². The molecule has 1 aliphatic heterocycles. The third kappa shape index (κ3) is 3.72. The lowest BCUT2D eigenvalue weighted by atomic mass is 9.77. The SMILES string of the molecule is O=C(O[C@]1(C(=O)c2ccccc2)O[C@H](CO)[C@@H](O)[C@]1(O)C(=O)c1ccccc1)c1ccccc1. The van der Waals surface area contributed by atoms with Crippen molar-refractivity contribution in [3.8, 4) is 0 Å². The van der Waals surface area contributed by atoms with Crippen LogP contribution in [0.1, 0.15) is 31.1 Å². The second-order valence-corrected chi connectivity index (χ2v) is 7.81. The first kappa shape index (κ1) is 23.5. The molecule has 3 N–H and O–H groups in total. The number of carbonyl (C=O) groups excluding carboxylic acids is 3. The number of ketones is 2. The summed E-state index contributed by atoms with van der Waals surface area (Å²) >= 11 is 0. The Morgan fingerprint density at radius 3 is 1.68 bits per heavy atom. The number of hydrogen-bond donors (Lipinski definition) is 3. The summed E-state index contributed by atoms with van der Waals surface area (Å²) in [5, 5.41) is 32.5. The topological polar surface area (TPSA) is 130 Å². The summed E-state index contributed by atoms with van der Waals surface area (Å²) < 4.78 is 11.1. The van der Waals surface area contributed by atoms with Crippen molar-refractivity contribution < 1.29 is 39.2 Å². The zero-order valence-corrected chi connectivity index (χ0v) is 17.9. The summed E-state index contributed by atoms with van der Waals surface area (Å²) in [5.74, 6) is -6.24. The average Bonchev–Trinajstić information content (AvgIpc) is 3.12. The Morgan fingerprint density at radius 1 is 0.765 bits per heavy atom. The van der Waals surface area contributed by atoms with E-state index in [1.807, 2.05) is 0 Å². The molecule has 1 fully saturated rings. The predicted octanol–water partition coefficient (Wildman–Crippen LogP) is 1.79. The van der Waals surface area contributed by atoms with Crippen LogP contribution < -0.4 is 0 Å². The molecule has 1 aliphatic rings. The van der Waals surface area contributed by atoms with Gasteiger partial charge in [-0.3, -0.25) is 9.59 Å². The third-order valence-electron chi connectivity index (χ3n) is 5.74. The standard InChI is InChI=1S/C26H22O8/c27-16-20-23(30)25(32,21(28)17-10-4-1-5-11-17)26(33-20,22(29)18-12-6-2-7-13-18)34-24(31)19-14-8-3-9-15-19/h1-15,20,23,27,30,32H,16H2/t20-,23-,25-,26+/m1/s1. The lowest BCUT2D eigenvalue weighted by molar-refractivity contribution is -0.216. The van der Waals surface area contributed by atoms with Gasteiger partial charge in [0.1, 0.15) is 12.2 Å². The Morgan fingerprint density at radius 2 is 1.21 bits per heavy atom. The van der Waals surface area contributed by atoms with Crippen molar-refractivity contribution in [3.05, 3.63) is 108 Å². The molecule has 174 valence electrons. The van der Waals surface area contributed by atoms with Gasteiger partial charge in [-0.1, -0.05) is 78.9 Å². The molecule has 34 heavy (non-hydrogen) atoms. The first-order chi connectivity index (χ1) is 16.3. The molecular weight excluding hydrogens is 440 g/mol. The van der Waals surface area contributed by atoms with Crippen molar-refractivity contribution in [2.75, 3.05) is 6.61 Å². The van der Waals surface area contributed by atoms with Crippen LogP contribution in [0, 0.1) is 0 Å². The fourth-order valence-corrected chi connectivity index (χ4v) is 3.98. The van der Waals surface area contributed by atoms with Crippen LogP contribution in [-0.2, 0) is 9.47 Å². The molecule has 3 aromatic rings. The molecule has 1 saturated heterocycles. The Labute approximate surface area is 195 Å². The van der Waals surface area contributed by atoms with Crippen molar-refractivity contribution in [3.63, 3.8) is 0 Å². The van der Waals surface area contributed by atoms with E-state index in [0.717, 1.165) is 0 Å². The lowest BCUT2D eigenvalue weighted by Gasteiger charge is -2.38. The minimum absolute atomic E-state index is 0.0165. The van der Waals surface area contributed by atoms with Gasteiger partial charge in [-0.25, -0.2) is 4.79 Å². The summed E-state index contributed by atoms with van der Waals surface area (Å²) in [5.41, 5.74) is -3.16. The maximum atomic E-state index is 13.8. The maximum Gasteiger partial charge on any atom is 0.341 e. The van der Waals surface area contributed by atoms with Crippen LogP contribution in [0.5, 0.6) is 0 Å². The highest BCUT2D eigenvalue weighted by Crippen LogP contribution is 2.45. The molecule has 0 bridgehead atoms. The van der Waals surface area contributed by atoms with E-state index in [0.29, 0.717) is 0 Å². The second kappa shape index (κ2) is 9.28. The number of esters is 1.